The fraction of sp³-hybridized carbons (Fsp3) is 0.462. The molecule has 0 amide bonds. The smallest absolute Gasteiger partial charge is 0.454 e. The van der Waals surface area contributed by atoms with Gasteiger partial charge in [-0.25, -0.2) is 0 Å². The molecule has 0 aliphatic heterocycles. The maximum absolute atomic E-state index is 12.3. The van der Waals surface area contributed by atoms with Crippen molar-refractivity contribution >= 4 is 5.78 Å². The summed E-state index contributed by atoms with van der Waals surface area (Å²) in [4.78, 5) is 11.0. The Morgan fingerprint density at radius 3 is 2.61 bits per heavy atom. The summed E-state index contributed by atoms with van der Waals surface area (Å²) in [5.41, 5.74) is -0.381. The molecule has 1 aliphatic carbocycles. The summed E-state index contributed by atoms with van der Waals surface area (Å²) in [6.45, 7) is 0.504. The number of benzene rings is 1. The number of carbonyl (C=O) groups is 1. The molecule has 0 unspecified atom stereocenters. The third-order valence-electron chi connectivity index (χ3n) is 3.06. The Balaban J connectivity index is 2.02. The van der Waals surface area contributed by atoms with Crippen molar-refractivity contribution in [3.05, 3.63) is 29.8 Å². The van der Waals surface area contributed by atoms with Crippen LogP contribution in [0.1, 0.15) is 29.6 Å². The van der Waals surface area contributed by atoms with Crippen LogP contribution in [0.3, 0.4) is 0 Å². The molecule has 1 fully saturated rings. The summed E-state index contributed by atoms with van der Waals surface area (Å²) in [5.74, 6) is -1.03. The first-order chi connectivity index (χ1) is 8.47. The van der Waals surface area contributed by atoms with Crippen molar-refractivity contribution in [2.45, 2.75) is 25.4 Å². The highest BCUT2D eigenvalue weighted by atomic mass is 19.4. The molecule has 0 saturated heterocycles. The van der Waals surface area contributed by atoms with Crippen LogP contribution in [0, 0.1) is 5.92 Å². The van der Waals surface area contributed by atoms with Gasteiger partial charge in [0.2, 0.25) is 0 Å². The zero-order chi connectivity index (χ0) is 13.2. The van der Waals surface area contributed by atoms with E-state index in [1.54, 1.807) is 6.07 Å². The molecule has 0 bridgehead atoms. The average molecular weight is 258 g/mol. The molecule has 0 atom stereocenters. The van der Waals surface area contributed by atoms with Gasteiger partial charge in [0.25, 0.3) is 5.78 Å². The number of hydrogen-bond donors (Lipinski definition) is 0. The van der Waals surface area contributed by atoms with E-state index in [1.165, 1.54) is 12.5 Å². The largest absolute Gasteiger partial charge is 0.493 e. The third kappa shape index (κ3) is 3.03. The van der Waals surface area contributed by atoms with Crippen molar-refractivity contribution in [1.82, 2.24) is 0 Å². The Hall–Kier alpha value is -1.52. The van der Waals surface area contributed by atoms with Crippen LogP contribution in [0.25, 0.3) is 0 Å². The summed E-state index contributed by atoms with van der Waals surface area (Å²) in [7, 11) is 0. The summed E-state index contributed by atoms with van der Waals surface area (Å²) < 4.78 is 42.2. The number of Topliss-reactive ketones (excluding diaryl/α,β-unsaturated/α-hetero) is 1. The Kier molecular flexibility index (Phi) is 3.59. The van der Waals surface area contributed by atoms with Crippen molar-refractivity contribution in [3.63, 3.8) is 0 Å². The number of carbonyl (C=O) groups excluding carboxylic acids is 1. The van der Waals surface area contributed by atoms with Crippen LogP contribution in [0.2, 0.25) is 0 Å². The lowest BCUT2D eigenvalue weighted by molar-refractivity contribution is -0.0885. The lowest BCUT2D eigenvalue weighted by Gasteiger charge is -2.25. The van der Waals surface area contributed by atoms with Gasteiger partial charge in [-0.2, -0.15) is 13.2 Å². The quantitative estimate of drug-likeness (QED) is 0.771. The Labute approximate surface area is 103 Å². The summed E-state index contributed by atoms with van der Waals surface area (Å²) >= 11 is 0. The van der Waals surface area contributed by atoms with Crippen LogP contribution >= 0.6 is 0 Å². The maximum atomic E-state index is 12.3. The summed E-state index contributed by atoms with van der Waals surface area (Å²) in [5, 5.41) is 0. The van der Waals surface area contributed by atoms with Gasteiger partial charge in [0.1, 0.15) is 5.75 Å². The van der Waals surface area contributed by atoms with Crippen molar-refractivity contribution < 1.29 is 22.7 Å². The van der Waals surface area contributed by atoms with Crippen LogP contribution < -0.4 is 4.74 Å². The van der Waals surface area contributed by atoms with E-state index in [-0.39, 0.29) is 5.56 Å². The highest BCUT2D eigenvalue weighted by Crippen LogP contribution is 2.28. The van der Waals surface area contributed by atoms with Gasteiger partial charge in [-0.1, -0.05) is 18.6 Å². The minimum Gasteiger partial charge on any atom is -0.493 e. The molecule has 0 radical (unpaired) electrons. The van der Waals surface area contributed by atoms with Crippen LogP contribution in [0.5, 0.6) is 5.75 Å². The van der Waals surface area contributed by atoms with Crippen LogP contribution in [0.15, 0.2) is 24.3 Å². The average Bonchev–Trinajstić information content (AvgIpc) is 2.25. The molecule has 0 aromatic heterocycles. The second kappa shape index (κ2) is 5.00. The molecule has 1 aromatic rings. The molecule has 18 heavy (non-hydrogen) atoms. The van der Waals surface area contributed by atoms with Crippen molar-refractivity contribution in [1.29, 1.82) is 0 Å². The van der Waals surface area contributed by atoms with Crippen LogP contribution in [-0.2, 0) is 0 Å². The van der Waals surface area contributed by atoms with E-state index in [2.05, 4.69) is 0 Å². The standard InChI is InChI=1S/C13H13F3O2/c14-13(15,16)12(17)10-5-2-6-11(7-10)18-8-9-3-1-4-9/h2,5-7,9H,1,3-4,8H2. The number of halogens is 3. The zero-order valence-corrected chi connectivity index (χ0v) is 9.67. The van der Waals surface area contributed by atoms with Gasteiger partial charge >= 0.3 is 6.18 Å². The monoisotopic (exact) mass is 258 g/mol. The number of alkyl halides is 3. The van der Waals surface area contributed by atoms with Crippen LogP contribution in [0.4, 0.5) is 13.2 Å². The second-order valence-corrected chi connectivity index (χ2v) is 4.46. The fourth-order valence-corrected chi connectivity index (χ4v) is 1.76. The van der Waals surface area contributed by atoms with Crippen molar-refractivity contribution in [2.24, 2.45) is 5.92 Å². The molecule has 0 N–H and O–H groups in total. The van der Waals surface area contributed by atoms with Crippen molar-refractivity contribution in [2.75, 3.05) is 6.61 Å². The Morgan fingerprint density at radius 2 is 2.06 bits per heavy atom. The normalized spacial score (nSPS) is 16.2. The van der Waals surface area contributed by atoms with E-state index in [1.807, 2.05) is 0 Å². The number of rotatable bonds is 4. The summed E-state index contributed by atoms with van der Waals surface area (Å²) in [6, 6.07) is 5.25. The van der Waals surface area contributed by atoms with Gasteiger partial charge in [0, 0.05) is 5.56 Å². The van der Waals surface area contributed by atoms with Crippen LogP contribution in [-0.4, -0.2) is 18.6 Å². The molecule has 98 valence electrons. The fourth-order valence-electron chi connectivity index (χ4n) is 1.76. The molecule has 1 saturated carbocycles. The van der Waals surface area contributed by atoms with Gasteiger partial charge < -0.3 is 4.74 Å². The molecular weight excluding hydrogens is 245 g/mol. The molecule has 0 spiro atoms. The topological polar surface area (TPSA) is 26.3 Å². The van der Waals surface area contributed by atoms with Gasteiger partial charge in [-0.05, 0) is 30.9 Å². The predicted octanol–water partition coefficient (Wildman–Crippen LogP) is 3.61. The van der Waals surface area contributed by atoms with Crippen molar-refractivity contribution in [3.8, 4) is 5.75 Å². The molecule has 2 rings (SSSR count). The maximum Gasteiger partial charge on any atom is 0.454 e. The number of ether oxygens (including phenoxy) is 1. The van der Waals surface area contributed by atoms with E-state index >= 15 is 0 Å². The minimum atomic E-state index is -4.84. The summed E-state index contributed by atoms with van der Waals surface area (Å²) in [6.07, 6.45) is -1.46. The molecule has 0 heterocycles. The number of ketones is 1. The molecule has 5 heteroatoms. The Morgan fingerprint density at radius 1 is 1.33 bits per heavy atom. The number of hydrogen-bond acceptors (Lipinski definition) is 2. The van der Waals surface area contributed by atoms with Gasteiger partial charge in [0.05, 0.1) is 6.61 Å². The first-order valence-corrected chi connectivity index (χ1v) is 5.81. The minimum absolute atomic E-state index is 0.317. The van der Waals surface area contributed by atoms with E-state index < -0.39 is 12.0 Å². The Bertz CT molecular complexity index is 436. The second-order valence-electron chi connectivity index (χ2n) is 4.46. The first-order valence-electron chi connectivity index (χ1n) is 5.81. The van der Waals surface area contributed by atoms with Gasteiger partial charge in [-0.3, -0.25) is 4.79 Å². The molecule has 1 aromatic carbocycles. The lowest BCUT2D eigenvalue weighted by atomic mass is 9.86. The molecular formula is C13H13F3O2. The first kappa shape index (κ1) is 12.9. The molecule has 1 aliphatic rings. The SMILES string of the molecule is O=C(c1cccc(OCC2CCC2)c1)C(F)(F)F. The zero-order valence-electron chi connectivity index (χ0n) is 9.67. The van der Waals surface area contributed by atoms with E-state index in [9.17, 15) is 18.0 Å². The third-order valence-corrected chi connectivity index (χ3v) is 3.06. The van der Waals surface area contributed by atoms with E-state index in [4.69, 9.17) is 4.74 Å². The predicted molar refractivity (Wildman–Crippen MR) is 59.7 cm³/mol. The van der Waals surface area contributed by atoms with Gasteiger partial charge in [0.15, 0.2) is 0 Å². The van der Waals surface area contributed by atoms with Gasteiger partial charge in [-0.15, -0.1) is 0 Å². The highest BCUT2D eigenvalue weighted by Gasteiger charge is 2.39. The van der Waals surface area contributed by atoms with E-state index in [0.29, 0.717) is 18.3 Å². The lowest BCUT2D eigenvalue weighted by Crippen LogP contribution is -2.23. The molecule has 2 nitrogen and oxygen atoms in total. The van der Waals surface area contributed by atoms with E-state index in [0.717, 1.165) is 25.0 Å². The highest BCUT2D eigenvalue weighted by molar-refractivity contribution is 6.00.